The normalized spacial score (nSPS) is 41.8. The molecule has 0 bridgehead atoms. The number of hydrogen-bond acceptors (Lipinski definition) is 4. The number of rotatable bonds is 0. The van der Waals surface area contributed by atoms with Crippen molar-refractivity contribution in [2.24, 2.45) is 11.8 Å². The van der Waals surface area contributed by atoms with Crippen molar-refractivity contribution in [3.8, 4) is 0 Å². The molecule has 0 radical (unpaired) electrons. The second-order valence-corrected chi connectivity index (χ2v) is 5.07. The van der Waals surface area contributed by atoms with Gasteiger partial charge in [-0.15, -0.1) is 0 Å². The molecule has 0 aromatic carbocycles. The highest BCUT2D eigenvalue weighted by Gasteiger charge is 2.54. The Morgan fingerprint density at radius 2 is 2.06 bits per heavy atom. The Kier molecular flexibility index (Phi) is 2.44. The van der Waals surface area contributed by atoms with E-state index < -0.39 is 5.79 Å². The molecule has 2 aliphatic heterocycles. The molecule has 1 spiro atoms. The van der Waals surface area contributed by atoms with E-state index in [0.29, 0.717) is 25.6 Å². The van der Waals surface area contributed by atoms with Gasteiger partial charge < -0.3 is 14.2 Å². The van der Waals surface area contributed by atoms with E-state index in [1.54, 1.807) is 0 Å². The van der Waals surface area contributed by atoms with Crippen molar-refractivity contribution in [1.82, 2.24) is 0 Å². The maximum absolute atomic E-state index is 11.5. The summed E-state index contributed by atoms with van der Waals surface area (Å²) in [6.07, 6.45) is 3.61. The predicted octanol–water partition coefficient (Wildman–Crippen LogP) is 1.48. The maximum Gasteiger partial charge on any atom is 0.306 e. The molecule has 0 aromatic heterocycles. The molecule has 0 N–H and O–H groups in total. The van der Waals surface area contributed by atoms with Crippen LogP contribution in [0.4, 0.5) is 0 Å². The molecule has 4 nitrogen and oxygen atoms in total. The van der Waals surface area contributed by atoms with Gasteiger partial charge in [0, 0.05) is 18.3 Å². The standard InChI is InChI=1S/C12H18O4/c1-8-9-3-2-4-12(14-5-6-15-12)10(9)7-11(13)16-8/h8-10H,2-7H2,1H3/t8-,9-,10+/m1/s1. The van der Waals surface area contributed by atoms with E-state index in [1.165, 1.54) is 0 Å². The highest BCUT2D eigenvalue weighted by molar-refractivity contribution is 5.71. The zero-order valence-electron chi connectivity index (χ0n) is 9.61. The third kappa shape index (κ3) is 1.47. The van der Waals surface area contributed by atoms with E-state index in [2.05, 4.69) is 0 Å². The summed E-state index contributed by atoms with van der Waals surface area (Å²) in [5, 5.41) is 0. The smallest absolute Gasteiger partial charge is 0.306 e. The number of fused-ring (bicyclic) bond motifs is 2. The van der Waals surface area contributed by atoms with Crippen LogP contribution in [0.1, 0.15) is 32.6 Å². The van der Waals surface area contributed by atoms with Crippen molar-refractivity contribution >= 4 is 5.97 Å². The Hall–Kier alpha value is -0.610. The van der Waals surface area contributed by atoms with Gasteiger partial charge in [0.25, 0.3) is 0 Å². The second kappa shape index (κ2) is 3.70. The third-order valence-electron chi connectivity index (χ3n) is 4.23. The van der Waals surface area contributed by atoms with E-state index >= 15 is 0 Å². The van der Waals surface area contributed by atoms with Crippen LogP contribution in [-0.2, 0) is 19.0 Å². The fraction of sp³-hybridized carbons (Fsp3) is 0.917. The third-order valence-corrected chi connectivity index (χ3v) is 4.23. The summed E-state index contributed by atoms with van der Waals surface area (Å²) in [4.78, 5) is 11.5. The molecule has 2 heterocycles. The Morgan fingerprint density at radius 1 is 1.31 bits per heavy atom. The summed E-state index contributed by atoms with van der Waals surface area (Å²) in [6.45, 7) is 3.31. The second-order valence-electron chi connectivity index (χ2n) is 5.07. The van der Waals surface area contributed by atoms with Crippen LogP contribution in [-0.4, -0.2) is 31.1 Å². The van der Waals surface area contributed by atoms with Gasteiger partial charge in [-0.3, -0.25) is 4.79 Å². The number of carbonyl (C=O) groups is 1. The Morgan fingerprint density at radius 3 is 2.81 bits per heavy atom. The summed E-state index contributed by atoms with van der Waals surface area (Å²) in [5.74, 6) is 0.0232. The highest BCUT2D eigenvalue weighted by atomic mass is 16.7. The van der Waals surface area contributed by atoms with Gasteiger partial charge >= 0.3 is 5.97 Å². The van der Waals surface area contributed by atoms with E-state index in [4.69, 9.17) is 14.2 Å². The van der Waals surface area contributed by atoms with Gasteiger partial charge in [-0.1, -0.05) is 0 Å². The molecule has 3 fully saturated rings. The first-order chi connectivity index (χ1) is 7.71. The van der Waals surface area contributed by atoms with Crippen molar-refractivity contribution in [3.63, 3.8) is 0 Å². The SMILES string of the molecule is C[C@H]1OC(=O)C[C@H]2[C@@H]1CCCC21OCCO1. The van der Waals surface area contributed by atoms with Crippen LogP contribution in [0.2, 0.25) is 0 Å². The van der Waals surface area contributed by atoms with Crippen molar-refractivity contribution in [1.29, 1.82) is 0 Å². The highest BCUT2D eigenvalue weighted by Crippen LogP contribution is 2.48. The van der Waals surface area contributed by atoms with Gasteiger partial charge in [-0.2, -0.15) is 0 Å². The van der Waals surface area contributed by atoms with Crippen LogP contribution in [0.5, 0.6) is 0 Å². The van der Waals surface area contributed by atoms with Crippen LogP contribution < -0.4 is 0 Å². The largest absolute Gasteiger partial charge is 0.462 e. The number of cyclic esters (lactones) is 1. The average molecular weight is 226 g/mol. The molecule has 0 unspecified atom stereocenters. The van der Waals surface area contributed by atoms with Gasteiger partial charge in [0.2, 0.25) is 0 Å². The minimum absolute atomic E-state index is 0.0104. The first-order valence-corrected chi connectivity index (χ1v) is 6.19. The maximum atomic E-state index is 11.5. The van der Waals surface area contributed by atoms with Crippen LogP contribution in [0.3, 0.4) is 0 Å². The Balaban J connectivity index is 1.88. The summed E-state index contributed by atoms with van der Waals surface area (Å²) in [7, 11) is 0. The first-order valence-electron chi connectivity index (χ1n) is 6.19. The van der Waals surface area contributed by atoms with Gasteiger partial charge in [0.05, 0.1) is 19.6 Å². The first kappa shape index (κ1) is 10.5. The quantitative estimate of drug-likeness (QED) is 0.587. The van der Waals surface area contributed by atoms with Crippen LogP contribution >= 0.6 is 0 Å². The summed E-state index contributed by atoms with van der Waals surface area (Å²) < 4.78 is 16.9. The minimum Gasteiger partial charge on any atom is -0.462 e. The number of esters is 1. The summed E-state index contributed by atoms with van der Waals surface area (Å²) >= 11 is 0. The molecule has 16 heavy (non-hydrogen) atoms. The average Bonchev–Trinajstić information content (AvgIpc) is 2.69. The topological polar surface area (TPSA) is 44.8 Å². The zero-order chi connectivity index (χ0) is 11.2. The molecular formula is C12H18O4. The van der Waals surface area contributed by atoms with E-state index in [1.807, 2.05) is 6.92 Å². The van der Waals surface area contributed by atoms with Gasteiger partial charge in [-0.25, -0.2) is 0 Å². The van der Waals surface area contributed by atoms with Crippen LogP contribution in [0.15, 0.2) is 0 Å². The van der Waals surface area contributed by atoms with Crippen LogP contribution in [0, 0.1) is 11.8 Å². The Bertz CT molecular complexity index is 295. The fourth-order valence-corrected chi connectivity index (χ4v) is 3.52. The molecule has 3 aliphatic rings. The molecular weight excluding hydrogens is 208 g/mol. The van der Waals surface area contributed by atoms with E-state index in [-0.39, 0.29) is 18.0 Å². The van der Waals surface area contributed by atoms with Crippen molar-refractivity contribution in [2.45, 2.75) is 44.5 Å². The monoisotopic (exact) mass is 226 g/mol. The number of hydrogen-bond donors (Lipinski definition) is 0. The van der Waals surface area contributed by atoms with Crippen molar-refractivity contribution in [3.05, 3.63) is 0 Å². The van der Waals surface area contributed by atoms with E-state index in [9.17, 15) is 4.79 Å². The number of ether oxygens (including phenoxy) is 3. The van der Waals surface area contributed by atoms with E-state index in [0.717, 1.165) is 19.3 Å². The molecule has 1 saturated carbocycles. The predicted molar refractivity (Wildman–Crippen MR) is 55.6 cm³/mol. The molecule has 0 amide bonds. The molecule has 3 atom stereocenters. The molecule has 0 aromatic rings. The number of carbonyl (C=O) groups excluding carboxylic acids is 1. The molecule has 4 heteroatoms. The zero-order valence-corrected chi connectivity index (χ0v) is 9.61. The summed E-state index contributed by atoms with van der Waals surface area (Å²) in [6, 6.07) is 0. The molecule has 1 aliphatic carbocycles. The summed E-state index contributed by atoms with van der Waals surface area (Å²) in [5.41, 5.74) is 0. The van der Waals surface area contributed by atoms with Crippen molar-refractivity contribution in [2.75, 3.05) is 13.2 Å². The van der Waals surface area contributed by atoms with Crippen molar-refractivity contribution < 1.29 is 19.0 Å². The van der Waals surface area contributed by atoms with Gasteiger partial charge in [-0.05, 0) is 19.8 Å². The van der Waals surface area contributed by atoms with Gasteiger partial charge in [0.15, 0.2) is 5.79 Å². The lowest BCUT2D eigenvalue weighted by molar-refractivity contribution is -0.249. The van der Waals surface area contributed by atoms with Crippen LogP contribution in [0.25, 0.3) is 0 Å². The fourth-order valence-electron chi connectivity index (χ4n) is 3.52. The molecule has 3 rings (SSSR count). The molecule has 90 valence electrons. The lowest BCUT2D eigenvalue weighted by Crippen LogP contribution is -2.53. The molecule has 2 saturated heterocycles. The van der Waals surface area contributed by atoms with Gasteiger partial charge in [0.1, 0.15) is 6.10 Å². The lowest BCUT2D eigenvalue weighted by Gasteiger charge is -2.47. The Labute approximate surface area is 95.2 Å². The minimum atomic E-state index is -0.476. The lowest BCUT2D eigenvalue weighted by atomic mass is 9.70.